The number of carbonyl (C=O) groups is 1. The summed E-state index contributed by atoms with van der Waals surface area (Å²) in [5.74, 6) is -0.694. The number of amides is 1. The third-order valence-corrected chi connectivity index (χ3v) is 3.94. The average Bonchev–Trinajstić information content (AvgIpc) is 3.09. The van der Waals surface area contributed by atoms with E-state index < -0.39 is 0 Å². The number of halogens is 2. The maximum Gasteiger partial charge on any atom is 0.276 e. The lowest BCUT2D eigenvalue weighted by molar-refractivity contribution is 0.102. The monoisotopic (exact) mass is 347 g/mol. The molecule has 0 aliphatic heterocycles. The van der Waals surface area contributed by atoms with Gasteiger partial charge in [0.2, 0.25) is 0 Å². The van der Waals surface area contributed by atoms with Gasteiger partial charge in [0.05, 0.1) is 18.4 Å². The van der Waals surface area contributed by atoms with Gasteiger partial charge in [-0.25, -0.2) is 4.39 Å². The number of aromatic nitrogens is 4. The Morgan fingerprint density at radius 3 is 2.83 bits per heavy atom. The van der Waals surface area contributed by atoms with Crippen molar-refractivity contribution in [1.82, 2.24) is 19.6 Å². The fourth-order valence-corrected chi connectivity index (χ4v) is 2.43. The van der Waals surface area contributed by atoms with Gasteiger partial charge in [-0.3, -0.25) is 14.2 Å². The second-order valence-electron chi connectivity index (χ2n) is 5.41. The van der Waals surface area contributed by atoms with E-state index in [2.05, 4.69) is 15.5 Å². The molecule has 24 heavy (non-hydrogen) atoms. The van der Waals surface area contributed by atoms with Crippen LogP contribution in [0, 0.1) is 12.7 Å². The SMILES string of the molecule is Cc1cc(C(=O)Nc2cnn(Cc3ccc(F)cc3Cl)c2)nn1C. The van der Waals surface area contributed by atoms with Crippen LogP contribution in [0.25, 0.3) is 0 Å². The summed E-state index contributed by atoms with van der Waals surface area (Å²) in [6, 6.07) is 5.91. The van der Waals surface area contributed by atoms with Crippen LogP contribution in [-0.2, 0) is 13.6 Å². The zero-order valence-electron chi connectivity index (χ0n) is 13.1. The van der Waals surface area contributed by atoms with Crippen LogP contribution < -0.4 is 5.32 Å². The molecule has 8 heteroatoms. The van der Waals surface area contributed by atoms with Crippen molar-refractivity contribution < 1.29 is 9.18 Å². The molecule has 0 spiro atoms. The van der Waals surface area contributed by atoms with E-state index in [0.717, 1.165) is 11.3 Å². The molecule has 3 rings (SSSR count). The van der Waals surface area contributed by atoms with Crippen molar-refractivity contribution in [3.8, 4) is 0 Å². The van der Waals surface area contributed by atoms with Gasteiger partial charge in [0.1, 0.15) is 5.82 Å². The van der Waals surface area contributed by atoms with Crippen molar-refractivity contribution in [2.45, 2.75) is 13.5 Å². The highest BCUT2D eigenvalue weighted by Crippen LogP contribution is 2.19. The fraction of sp³-hybridized carbons (Fsp3) is 0.188. The average molecular weight is 348 g/mol. The van der Waals surface area contributed by atoms with E-state index in [-0.39, 0.29) is 11.7 Å². The Bertz CT molecular complexity index is 882. The Kier molecular flexibility index (Phi) is 4.35. The van der Waals surface area contributed by atoms with Crippen molar-refractivity contribution >= 4 is 23.2 Å². The smallest absolute Gasteiger partial charge is 0.276 e. The van der Waals surface area contributed by atoms with E-state index in [4.69, 9.17) is 11.6 Å². The van der Waals surface area contributed by atoms with Gasteiger partial charge in [-0.2, -0.15) is 10.2 Å². The number of hydrogen-bond acceptors (Lipinski definition) is 3. The molecular weight excluding hydrogens is 333 g/mol. The van der Waals surface area contributed by atoms with E-state index in [9.17, 15) is 9.18 Å². The number of nitrogens with zero attached hydrogens (tertiary/aromatic N) is 4. The number of aryl methyl sites for hydroxylation is 2. The van der Waals surface area contributed by atoms with Crippen molar-refractivity contribution in [3.63, 3.8) is 0 Å². The van der Waals surface area contributed by atoms with E-state index >= 15 is 0 Å². The number of rotatable bonds is 4. The third kappa shape index (κ3) is 3.46. The van der Waals surface area contributed by atoms with Gasteiger partial charge in [0, 0.05) is 24.0 Å². The molecule has 0 atom stereocenters. The molecule has 0 aliphatic rings. The van der Waals surface area contributed by atoms with Crippen LogP contribution >= 0.6 is 11.6 Å². The maximum atomic E-state index is 13.1. The summed E-state index contributed by atoms with van der Waals surface area (Å²) < 4.78 is 16.3. The number of nitrogens with one attached hydrogen (secondary N) is 1. The summed E-state index contributed by atoms with van der Waals surface area (Å²) in [7, 11) is 1.77. The first-order chi connectivity index (χ1) is 11.4. The zero-order chi connectivity index (χ0) is 17.3. The number of anilines is 1. The Morgan fingerprint density at radius 2 is 2.17 bits per heavy atom. The Labute approximate surface area is 142 Å². The first-order valence-corrected chi connectivity index (χ1v) is 7.58. The second kappa shape index (κ2) is 6.45. The van der Waals surface area contributed by atoms with Crippen LogP contribution in [0.4, 0.5) is 10.1 Å². The minimum Gasteiger partial charge on any atom is -0.318 e. The van der Waals surface area contributed by atoms with E-state index in [1.54, 1.807) is 34.7 Å². The summed E-state index contributed by atoms with van der Waals surface area (Å²) >= 11 is 6.01. The highest BCUT2D eigenvalue weighted by atomic mass is 35.5. The highest BCUT2D eigenvalue weighted by Gasteiger charge is 2.12. The summed E-state index contributed by atoms with van der Waals surface area (Å²) in [4.78, 5) is 12.2. The first kappa shape index (κ1) is 16.2. The molecule has 0 fully saturated rings. The van der Waals surface area contributed by atoms with Gasteiger partial charge in [-0.1, -0.05) is 17.7 Å². The number of carbonyl (C=O) groups excluding carboxylic acids is 1. The van der Waals surface area contributed by atoms with Crippen molar-refractivity contribution in [3.05, 3.63) is 64.5 Å². The Morgan fingerprint density at radius 1 is 1.38 bits per heavy atom. The van der Waals surface area contributed by atoms with Crippen LogP contribution in [0.5, 0.6) is 0 Å². The Hall–Kier alpha value is -2.67. The van der Waals surface area contributed by atoms with Gasteiger partial charge in [0.25, 0.3) is 5.91 Å². The normalized spacial score (nSPS) is 10.8. The molecule has 0 unspecified atom stereocenters. The molecule has 0 bridgehead atoms. The quantitative estimate of drug-likeness (QED) is 0.789. The minimum atomic E-state index is -0.386. The van der Waals surface area contributed by atoms with Crippen LogP contribution in [0.15, 0.2) is 36.7 Å². The summed E-state index contributed by atoms with van der Waals surface area (Å²) in [6.45, 7) is 2.24. The summed E-state index contributed by atoms with van der Waals surface area (Å²) in [6.07, 6.45) is 3.21. The van der Waals surface area contributed by atoms with Crippen LogP contribution in [0.2, 0.25) is 5.02 Å². The van der Waals surface area contributed by atoms with Crippen molar-refractivity contribution in [1.29, 1.82) is 0 Å². The second-order valence-corrected chi connectivity index (χ2v) is 5.82. The molecule has 1 N–H and O–H groups in total. The lowest BCUT2D eigenvalue weighted by atomic mass is 10.2. The largest absolute Gasteiger partial charge is 0.318 e. The molecule has 124 valence electrons. The van der Waals surface area contributed by atoms with Crippen LogP contribution in [0.1, 0.15) is 21.7 Å². The molecule has 0 saturated heterocycles. The van der Waals surface area contributed by atoms with Crippen LogP contribution in [-0.4, -0.2) is 25.5 Å². The predicted octanol–water partition coefficient (Wildman–Crippen LogP) is 3.02. The third-order valence-electron chi connectivity index (χ3n) is 3.58. The molecule has 0 aliphatic carbocycles. The topological polar surface area (TPSA) is 64.7 Å². The molecule has 1 amide bonds. The summed E-state index contributed by atoms with van der Waals surface area (Å²) in [5.41, 5.74) is 2.51. The molecule has 3 aromatic rings. The highest BCUT2D eigenvalue weighted by molar-refractivity contribution is 6.31. The molecule has 1 aromatic carbocycles. The van der Waals surface area contributed by atoms with Gasteiger partial charge >= 0.3 is 0 Å². The van der Waals surface area contributed by atoms with Crippen LogP contribution in [0.3, 0.4) is 0 Å². The van der Waals surface area contributed by atoms with Gasteiger partial charge in [0.15, 0.2) is 5.69 Å². The van der Waals surface area contributed by atoms with E-state index in [0.29, 0.717) is 22.9 Å². The van der Waals surface area contributed by atoms with Gasteiger partial charge in [-0.05, 0) is 30.7 Å². The Balaban J connectivity index is 1.70. The summed E-state index contributed by atoms with van der Waals surface area (Å²) in [5, 5.41) is 11.4. The number of benzene rings is 1. The molecule has 0 radical (unpaired) electrons. The lowest BCUT2D eigenvalue weighted by Gasteiger charge is -2.04. The first-order valence-electron chi connectivity index (χ1n) is 7.21. The number of hydrogen-bond donors (Lipinski definition) is 1. The van der Waals surface area contributed by atoms with Crippen molar-refractivity contribution in [2.75, 3.05) is 5.32 Å². The molecule has 0 saturated carbocycles. The molecular formula is C16H15ClFN5O. The van der Waals surface area contributed by atoms with Crippen molar-refractivity contribution in [2.24, 2.45) is 7.05 Å². The van der Waals surface area contributed by atoms with E-state index in [1.165, 1.54) is 18.3 Å². The standard InChI is InChI=1S/C16H15ClFN5O/c1-10-5-15(21-22(10)2)16(24)20-13-7-19-23(9-13)8-11-3-4-12(18)6-14(11)17/h3-7,9H,8H2,1-2H3,(H,20,24). The van der Waals surface area contributed by atoms with Gasteiger partial charge in [-0.15, -0.1) is 0 Å². The maximum absolute atomic E-state index is 13.1. The lowest BCUT2D eigenvalue weighted by Crippen LogP contribution is -2.12. The van der Waals surface area contributed by atoms with E-state index in [1.807, 2.05) is 6.92 Å². The van der Waals surface area contributed by atoms with Gasteiger partial charge < -0.3 is 5.32 Å². The minimum absolute atomic E-state index is 0.307. The predicted molar refractivity (Wildman–Crippen MR) is 88.6 cm³/mol. The zero-order valence-corrected chi connectivity index (χ0v) is 13.9. The molecule has 2 aromatic heterocycles. The molecule has 6 nitrogen and oxygen atoms in total. The fourth-order valence-electron chi connectivity index (χ4n) is 2.21. The molecule has 2 heterocycles.